The van der Waals surface area contributed by atoms with Crippen molar-refractivity contribution in [1.29, 1.82) is 0 Å². The maximum atomic E-state index is 11.0. The lowest BCUT2D eigenvalue weighted by molar-refractivity contribution is -0.131. The van der Waals surface area contributed by atoms with Gasteiger partial charge in [0.15, 0.2) is 0 Å². The normalized spacial score (nSPS) is 18.0. The summed E-state index contributed by atoms with van der Waals surface area (Å²) in [7, 11) is 0. The van der Waals surface area contributed by atoms with E-state index in [1.807, 2.05) is 0 Å². The van der Waals surface area contributed by atoms with Gasteiger partial charge in [-0.25, -0.2) is 0 Å². The summed E-state index contributed by atoms with van der Waals surface area (Å²) >= 11 is 1.31. The first-order chi connectivity index (χ1) is 5.15. The standard InChI is InChI=1S/C8H8O2S/c1-5-3-6(9)8(10)7(4-5)11-2/h3-4H,1-2H3. The van der Waals surface area contributed by atoms with Crippen LogP contribution in [0.2, 0.25) is 0 Å². The largest absolute Gasteiger partial charge is 0.286 e. The van der Waals surface area contributed by atoms with E-state index in [0.717, 1.165) is 5.57 Å². The maximum absolute atomic E-state index is 11.0. The van der Waals surface area contributed by atoms with Gasteiger partial charge in [0.05, 0.1) is 4.91 Å². The minimum Gasteiger partial charge on any atom is -0.286 e. The lowest BCUT2D eigenvalue weighted by Gasteiger charge is -2.05. The van der Waals surface area contributed by atoms with E-state index in [0.29, 0.717) is 4.91 Å². The fourth-order valence-electron chi connectivity index (χ4n) is 0.859. The Labute approximate surface area is 69.4 Å². The molecular weight excluding hydrogens is 160 g/mol. The van der Waals surface area contributed by atoms with Crippen LogP contribution in [-0.2, 0) is 9.59 Å². The van der Waals surface area contributed by atoms with Gasteiger partial charge in [-0.05, 0) is 30.9 Å². The fraction of sp³-hybridized carbons (Fsp3) is 0.250. The summed E-state index contributed by atoms with van der Waals surface area (Å²) in [4.78, 5) is 22.4. The first-order valence-corrected chi connectivity index (χ1v) is 4.40. The van der Waals surface area contributed by atoms with E-state index in [-0.39, 0.29) is 5.78 Å². The van der Waals surface area contributed by atoms with Crippen LogP contribution in [0, 0.1) is 0 Å². The number of carbonyl (C=O) groups excluding carboxylic acids is 2. The molecule has 0 unspecified atom stereocenters. The van der Waals surface area contributed by atoms with E-state index >= 15 is 0 Å². The van der Waals surface area contributed by atoms with Gasteiger partial charge in [-0.1, -0.05) is 0 Å². The summed E-state index contributed by atoms with van der Waals surface area (Å²) in [6.45, 7) is 1.81. The first kappa shape index (κ1) is 8.27. The number of hydrogen-bond donors (Lipinski definition) is 0. The lowest BCUT2D eigenvalue weighted by Crippen LogP contribution is -2.15. The molecule has 1 aliphatic rings. The van der Waals surface area contributed by atoms with Crippen molar-refractivity contribution >= 4 is 23.3 Å². The molecule has 0 aromatic rings. The van der Waals surface area contributed by atoms with Gasteiger partial charge in [-0.15, -0.1) is 11.8 Å². The third kappa shape index (κ3) is 1.60. The van der Waals surface area contributed by atoms with Crippen LogP contribution in [-0.4, -0.2) is 17.8 Å². The fourth-order valence-corrected chi connectivity index (χ4v) is 1.45. The van der Waals surface area contributed by atoms with Crippen molar-refractivity contribution in [3.8, 4) is 0 Å². The van der Waals surface area contributed by atoms with Gasteiger partial charge in [0, 0.05) is 0 Å². The Morgan fingerprint density at radius 2 is 1.91 bits per heavy atom. The monoisotopic (exact) mass is 168 g/mol. The van der Waals surface area contributed by atoms with Crippen LogP contribution in [0.25, 0.3) is 0 Å². The number of rotatable bonds is 1. The van der Waals surface area contributed by atoms with Crippen molar-refractivity contribution in [2.24, 2.45) is 0 Å². The van der Waals surface area contributed by atoms with E-state index in [1.165, 1.54) is 17.8 Å². The van der Waals surface area contributed by atoms with E-state index in [2.05, 4.69) is 0 Å². The lowest BCUT2D eigenvalue weighted by atomic mass is 10.1. The number of allylic oxidation sites excluding steroid dienone is 4. The minimum atomic E-state index is -0.408. The van der Waals surface area contributed by atoms with E-state index in [9.17, 15) is 9.59 Å². The van der Waals surface area contributed by atoms with Crippen molar-refractivity contribution in [3.63, 3.8) is 0 Å². The molecular formula is C8H8O2S. The van der Waals surface area contributed by atoms with Crippen molar-refractivity contribution in [2.75, 3.05) is 6.26 Å². The molecule has 0 heterocycles. The highest BCUT2D eigenvalue weighted by Crippen LogP contribution is 2.19. The Balaban J connectivity index is 3.03. The Morgan fingerprint density at radius 1 is 1.27 bits per heavy atom. The third-order valence-electron chi connectivity index (χ3n) is 1.39. The smallest absolute Gasteiger partial charge is 0.239 e. The molecule has 0 N–H and O–H groups in total. The van der Waals surface area contributed by atoms with Crippen LogP contribution in [0.1, 0.15) is 6.92 Å². The zero-order valence-corrected chi connectivity index (χ0v) is 7.20. The second-order valence-corrected chi connectivity index (χ2v) is 3.14. The highest BCUT2D eigenvalue weighted by atomic mass is 32.2. The summed E-state index contributed by atoms with van der Waals surface area (Å²) in [6.07, 6.45) is 4.88. The van der Waals surface area contributed by atoms with Crippen LogP contribution in [0.4, 0.5) is 0 Å². The van der Waals surface area contributed by atoms with E-state index < -0.39 is 5.78 Å². The Bertz CT molecular complexity index is 274. The van der Waals surface area contributed by atoms with Gasteiger partial charge < -0.3 is 0 Å². The average Bonchev–Trinajstić information content (AvgIpc) is 1.96. The predicted octanol–water partition coefficient (Wildman–Crippen LogP) is 1.33. The highest BCUT2D eigenvalue weighted by Gasteiger charge is 2.19. The number of ketones is 2. The van der Waals surface area contributed by atoms with Gasteiger partial charge in [-0.2, -0.15) is 0 Å². The van der Waals surface area contributed by atoms with Crippen LogP contribution >= 0.6 is 11.8 Å². The molecule has 11 heavy (non-hydrogen) atoms. The summed E-state index contributed by atoms with van der Waals surface area (Å²) in [5.74, 6) is -0.794. The quantitative estimate of drug-likeness (QED) is 0.437. The molecule has 0 atom stereocenters. The van der Waals surface area contributed by atoms with Crippen LogP contribution in [0.5, 0.6) is 0 Å². The van der Waals surface area contributed by atoms with E-state index in [4.69, 9.17) is 0 Å². The molecule has 0 saturated carbocycles. The SMILES string of the molecule is CSC1=CC(C)=CC(=O)C1=O. The molecule has 1 aliphatic carbocycles. The zero-order chi connectivity index (χ0) is 8.43. The molecule has 0 saturated heterocycles. The molecule has 0 spiro atoms. The molecule has 0 radical (unpaired) electrons. The summed E-state index contributed by atoms with van der Waals surface area (Å²) in [5.41, 5.74) is 0.846. The molecule has 0 amide bonds. The molecule has 0 bridgehead atoms. The molecule has 58 valence electrons. The molecule has 0 aromatic heterocycles. The summed E-state index contributed by atoms with van der Waals surface area (Å²) < 4.78 is 0. The minimum absolute atomic E-state index is 0.386. The Hall–Kier alpha value is -0.830. The van der Waals surface area contributed by atoms with Crippen LogP contribution in [0.15, 0.2) is 22.6 Å². The van der Waals surface area contributed by atoms with Crippen molar-refractivity contribution < 1.29 is 9.59 Å². The van der Waals surface area contributed by atoms with Crippen molar-refractivity contribution in [1.82, 2.24) is 0 Å². The predicted molar refractivity (Wildman–Crippen MR) is 45.4 cm³/mol. The van der Waals surface area contributed by atoms with Crippen molar-refractivity contribution in [2.45, 2.75) is 6.92 Å². The molecule has 1 rings (SSSR count). The second kappa shape index (κ2) is 3.05. The second-order valence-electron chi connectivity index (χ2n) is 2.29. The number of carbonyl (C=O) groups is 2. The van der Waals surface area contributed by atoms with Gasteiger partial charge in [-0.3, -0.25) is 9.59 Å². The van der Waals surface area contributed by atoms with Crippen LogP contribution < -0.4 is 0 Å². The van der Waals surface area contributed by atoms with Crippen molar-refractivity contribution in [3.05, 3.63) is 22.6 Å². The molecule has 0 fully saturated rings. The number of hydrogen-bond acceptors (Lipinski definition) is 3. The maximum Gasteiger partial charge on any atom is 0.239 e. The van der Waals surface area contributed by atoms with Gasteiger partial charge in [0.2, 0.25) is 11.6 Å². The molecule has 2 nitrogen and oxygen atoms in total. The van der Waals surface area contributed by atoms with Crippen LogP contribution in [0.3, 0.4) is 0 Å². The molecule has 0 aliphatic heterocycles. The summed E-state index contributed by atoms with van der Waals surface area (Å²) in [5, 5.41) is 0. The first-order valence-electron chi connectivity index (χ1n) is 3.18. The summed E-state index contributed by atoms with van der Waals surface area (Å²) in [6, 6.07) is 0. The third-order valence-corrected chi connectivity index (χ3v) is 2.13. The number of Topliss-reactive ketones (excluding diaryl/α,β-unsaturated/α-hetero) is 1. The van der Waals surface area contributed by atoms with Gasteiger partial charge >= 0.3 is 0 Å². The Kier molecular flexibility index (Phi) is 2.29. The Morgan fingerprint density at radius 3 is 2.45 bits per heavy atom. The zero-order valence-electron chi connectivity index (χ0n) is 6.38. The van der Waals surface area contributed by atoms with Gasteiger partial charge in [0.1, 0.15) is 0 Å². The topological polar surface area (TPSA) is 34.1 Å². The van der Waals surface area contributed by atoms with E-state index in [1.54, 1.807) is 19.3 Å². The average molecular weight is 168 g/mol. The number of thioether (sulfide) groups is 1. The van der Waals surface area contributed by atoms with Gasteiger partial charge in [0.25, 0.3) is 0 Å². The highest BCUT2D eigenvalue weighted by molar-refractivity contribution is 8.03. The molecule has 3 heteroatoms. The molecule has 0 aromatic carbocycles.